The summed E-state index contributed by atoms with van der Waals surface area (Å²) in [6, 6.07) is 10.4. The number of benzene rings is 2. The molecule has 1 unspecified atom stereocenters. The van der Waals surface area contributed by atoms with E-state index in [1.807, 2.05) is 50.2 Å². The van der Waals surface area contributed by atoms with Gasteiger partial charge in [0.15, 0.2) is 0 Å². The summed E-state index contributed by atoms with van der Waals surface area (Å²) < 4.78 is 16.0. The first-order chi connectivity index (χ1) is 14.3. The summed E-state index contributed by atoms with van der Waals surface area (Å²) in [6.07, 6.45) is 0. The van der Waals surface area contributed by atoms with Gasteiger partial charge in [-0.3, -0.25) is 0 Å². The third-order valence-electron chi connectivity index (χ3n) is 5.16. The number of carbonyl (C=O) groups is 2. The summed E-state index contributed by atoms with van der Waals surface area (Å²) >= 11 is 0. The average molecular weight is 410 g/mol. The van der Waals surface area contributed by atoms with Gasteiger partial charge in [-0.05, 0) is 73.4 Å². The molecule has 0 aliphatic carbocycles. The Hall–Kier alpha value is -3.48. The quantitative estimate of drug-likeness (QED) is 0.710. The molecular weight excluding hydrogens is 384 g/mol. The molecule has 1 aliphatic rings. The molecule has 7 nitrogen and oxygen atoms in total. The molecule has 158 valence electrons. The molecule has 0 aromatic heterocycles. The minimum absolute atomic E-state index is 0.348. The molecule has 0 fully saturated rings. The fraction of sp³-hybridized carbons (Fsp3) is 0.304. The highest BCUT2D eigenvalue weighted by molar-refractivity contribution is 5.95. The van der Waals surface area contributed by atoms with Gasteiger partial charge in [-0.15, -0.1) is 0 Å². The zero-order chi connectivity index (χ0) is 21.8. The number of ether oxygens (including phenoxy) is 3. The fourth-order valence-electron chi connectivity index (χ4n) is 3.52. The Morgan fingerprint density at radius 1 is 1.00 bits per heavy atom. The molecule has 2 N–H and O–H groups in total. The number of nitrogens with one attached hydrogen (secondary N) is 2. The molecule has 2 aromatic rings. The Labute approximate surface area is 176 Å². The normalized spacial score (nSPS) is 15.9. The van der Waals surface area contributed by atoms with Crippen molar-refractivity contribution in [1.82, 2.24) is 10.6 Å². The van der Waals surface area contributed by atoms with Crippen LogP contribution < -0.4 is 20.1 Å². The molecule has 0 bridgehead atoms. The van der Waals surface area contributed by atoms with Gasteiger partial charge in [0.05, 0.1) is 25.8 Å². The third-order valence-corrected chi connectivity index (χ3v) is 5.16. The summed E-state index contributed by atoms with van der Waals surface area (Å²) in [5.74, 6) is 0.995. The maximum atomic E-state index is 12.4. The standard InChI is InChI=1S/C23H26N2O5/c1-13-10-14(2)19(21-20(22(26)29-5)15(3)24-23(27)25-21)11-16(13)12-30-18-8-6-17(28-4)7-9-18/h6-11,21H,12H2,1-5H3,(H2,24,25,27). The summed E-state index contributed by atoms with van der Waals surface area (Å²) in [5.41, 5.74) is 4.66. The van der Waals surface area contributed by atoms with Crippen molar-refractivity contribution in [3.8, 4) is 11.5 Å². The van der Waals surface area contributed by atoms with Crippen molar-refractivity contribution in [3.63, 3.8) is 0 Å². The van der Waals surface area contributed by atoms with Crippen molar-refractivity contribution in [3.05, 3.63) is 69.9 Å². The van der Waals surface area contributed by atoms with E-state index < -0.39 is 12.0 Å². The second-order valence-corrected chi connectivity index (χ2v) is 7.16. The van der Waals surface area contributed by atoms with Gasteiger partial charge >= 0.3 is 12.0 Å². The SMILES string of the molecule is COC(=O)C1=C(C)NC(=O)NC1c1cc(COc2ccc(OC)cc2)c(C)cc1C. The Morgan fingerprint density at radius 3 is 2.30 bits per heavy atom. The second-order valence-electron chi connectivity index (χ2n) is 7.16. The highest BCUT2D eigenvalue weighted by Gasteiger charge is 2.33. The van der Waals surface area contributed by atoms with E-state index in [4.69, 9.17) is 14.2 Å². The van der Waals surface area contributed by atoms with Crippen LogP contribution in [0.2, 0.25) is 0 Å². The highest BCUT2D eigenvalue weighted by Crippen LogP contribution is 2.31. The number of aryl methyl sites for hydroxylation is 2. The Bertz CT molecular complexity index is 995. The van der Waals surface area contributed by atoms with E-state index in [2.05, 4.69) is 10.6 Å². The van der Waals surface area contributed by atoms with Gasteiger partial charge in [0.25, 0.3) is 0 Å². The van der Waals surface area contributed by atoms with Crippen LogP contribution in [-0.4, -0.2) is 26.2 Å². The number of urea groups is 1. The lowest BCUT2D eigenvalue weighted by atomic mass is 9.89. The Morgan fingerprint density at radius 2 is 1.67 bits per heavy atom. The zero-order valence-corrected chi connectivity index (χ0v) is 17.8. The van der Waals surface area contributed by atoms with Crippen LogP contribution in [0, 0.1) is 13.8 Å². The number of amides is 2. The fourth-order valence-corrected chi connectivity index (χ4v) is 3.52. The lowest BCUT2D eigenvalue weighted by Crippen LogP contribution is -2.45. The van der Waals surface area contributed by atoms with E-state index in [1.54, 1.807) is 14.0 Å². The third kappa shape index (κ3) is 4.40. The van der Waals surface area contributed by atoms with Crippen LogP contribution in [0.3, 0.4) is 0 Å². The van der Waals surface area contributed by atoms with Crippen molar-refractivity contribution in [2.24, 2.45) is 0 Å². The maximum absolute atomic E-state index is 12.4. The maximum Gasteiger partial charge on any atom is 0.337 e. The summed E-state index contributed by atoms with van der Waals surface area (Å²) in [7, 11) is 2.94. The molecule has 0 spiro atoms. The largest absolute Gasteiger partial charge is 0.497 e. The number of allylic oxidation sites excluding steroid dienone is 1. The van der Waals surface area contributed by atoms with Crippen molar-refractivity contribution in [2.45, 2.75) is 33.4 Å². The van der Waals surface area contributed by atoms with Gasteiger partial charge in [-0.2, -0.15) is 0 Å². The minimum Gasteiger partial charge on any atom is -0.497 e. The summed E-state index contributed by atoms with van der Waals surface area (Å²) in [6.45, 7) is 6.00. The van der Waals surface area contributed by atoms with Gasteiger partial charge in [0.2, 0.25) is 0 Å². The number of rotatable bonds is 6. The van der Waals surface area contributed by atoms with Crippen LogP contribution in [0.15, 0.2) is 47.7 Å². The monoisotopic (exact) mass is 410 g/mol. The molecule has 0 saturated carbocycles. The predicted molar refractivity (Wildman–Crippen MR) is 112 cm³/mol. The molecule has 2 aromatic carbocycles. The molecule has 1 aliphatic heterocycles. The second kappa shape index (κ2) is 8.90. The van der Waals surface area contributed by atoms with E-state index in [0.29, 0.717) is 17.9 Å². The van der Waals surface area contributed by atoms with Gasteiger partial charge in [0.1, 0.15) is 18.1 Å². The van der Waals surface area contributed by atoms with Crippen LogP contribution in [0.1, 0.15) is 35.2 Å². The summed E-state index contributed by atoms with van der Waals surface area (Å²) in [5, 5.41) is 5.48. The van der Waals surface area contributed by atoms with Crippen LogP contribution in [-0.2, 0) is 16.1 Å². The van der Waals surface area contributed by atoms with Crippen molar-refractivity contribution in [1.29, 1.82) is 0 Å². The molecule has 0 radical (unpaired) electrons. The van der Waals surface area contributed by atoms with Crippen molar-refractivity contribution in [2.75, 3.05) is 14.2 Å². The molecule has 2 amide bonds. The van der Waals surface area contributed by atoms with Crippen LogP contribution >= 0.6 is 0 Å². The Balaban J connectivity index is 1.92. The number of carbonyl (C=O) groups excluding carboxylic acids is 2. The molecule has 0 saturated heterocycles. The number of hydrogen-bond donors (Lipinski definition) is 2. The first kappa shape index (κ1) is 21.2. The summed E-state index contributed by atoms with van der Waals surface area (Å²) in [4.78, 5) is 24.5. The van der Waals surface area contributed by atoms with Crippen molar-refractivity contribution < 1.29 is 23.8 Å². The highest BCUT2D eigenvalue weighted by atomic mass is 16.5. The molecule has 1 heterocycles. The lowest BCUT2D eigenvalue weighted by molar-refractivity contribution is -0.136. The molecule has 3 rings (SSSR count). The lowest BCUT2D eigenvalue weighted by Gasteiger charge is -2.29. The molecule has 7 heteroatoms. The first-order valence-corrected chi connectivity index (χ1v) is 9.57. The van der Waals surface area contributed by atoms with Gasteiger partial charge < -0.3 is 24.8 Å². The van der Waals surface area contributed by atoms with E-state index in [-0.39, 0.29) is 6.03 Å². The number of hydrogen-bond acceptors (Lipinski definition) is 5. The predicted octanol–water partition coefficient (Wildman–Crippen LogP) is 3.69. The molecule has 1 atom stereocenters. The van der Waals surface area contributed by atoms with Crippen molar-refractivity contribution >= 4 is 12.0 Å². The average Bonchev–Trinajstić information content (AvgIpc) is 2.72. The minimum atomic E-state index is -0.605. The topological polar surface area (TPSA) is 85.9 Å². The number of methoxy groups -OCH3 is 2. The number of esters is 1. The van der Waals surface area contributed by atoms with Crippen LogP contribution in [0.25, 0.3) is 0 Å². The molecule has 30 heavy (non-hydrogen) atoms. The van der Waals surface area contributed by atoms with Crippen LogP contribution in [0.5, 0.6) is 11.5 Å². The first-order valence-electron chi connectivity index (χ1n) is 9.57. The van der Waals surface area contributed by atoms with E-state index >= 15 is 0 Å². The van der Waals surface area contributed by atoms with Gasteiger partial charge in [0, 0.05) is 5.70 Å². The smallest absolute Gasteiger partial charge is 0.337 e. The van der Waals surface area contributed by atoms with Gasteiger partial charge in [-0.25, -0.2) is 9.59 Å². The van der Waals surface area contributed by atoms with Crippen LogP contribution in [0.4, 0.5) is 4.79 Å². The van der Waals surface area contributed by atoms with E-state index in [0.717, 1.165) is 33.8 Å². The Kier molecular flexibility index (Phi) is 6.30. The van der Waals surface area contributed by atoms with Gasteiger partial charge in [-0.1, -0.05) is 6.07 Å². The zero-order valence-electron chi connectivity index (χ0n) is 17.8. The van der Waals surface area contributed by atoms with E-state index in [1.165, 1.54) is 7.11 Å². The molecular formula is C23H26N2O5. The van der Waals surface area contributed by atoms with E-state index in [9.17, 15) is 9.59 Å².